The summed E-state index contributed by atoms with van der Waals surface area (Å²) in [7, 11) is -2.54. The van der Waals surface area contributed by atoms with Crippen LogP contribution in [0.15, 0.2) is 48.8 Å². The number of amides is 2. The summed E-state index contributed by atoms with van der Waals surface area (Å²) in [6, 6.07) is 12.9. The van der Waals surface area contributed by atoms with Gasteiger partial charge >= 0.3 is 12.2 Å². The van der Waals surface area contributed by atoms with Crippen molar-refractivity contribution in [1.82, 2.24) is 18.9 Å². The smallest absolute Gasteiger partial charge is 0.410 e. The molecular weight excluding hydrogens is 808 g/mol. The minimum atomic E-state index is -1.43. The molecule has 0 N–H and O–H groups in total. The zero-order valence-corrected chi connectivity index (χ0v) is 37.9. The molecule has 4 aromatic rings. The molecule has 2 aromatic carbocycles. The molecule has 0 saturated heterocycles. The summed E-state index contributed by atoms with van der Waals surface area (Å²) >= 11 is 2.33. The molecule has 2 amide bonds. The van der Waals surface area contributed by atoms with Gasteiger partial charge < -0.3 is 28.4 Å². The van der Waals surface area contributed by atoms with Gasteiger partial charge in [0.2, 0.25) is 0 Å². The number of carbonyl (C=O) groups is 2. The fraction of sp³-hybridized carbons (Fsp3) is 0.476. The van der Waals surface area contributed by atoms with Crippen LogP contribution in [0.1, 0.15) is 58.2 Å². The summed E-state index contributed by atoms with van der Waals surface area (Å²) in [4.78, 5) is 28.5. The highest BCUT2D eigenvalue weighted by molar-refractivity contribution is 14.1. The predicted octanol–water partition coefficient (Wildman–Crippen LogP) is 10.1. The molecule has 0 radical (unpaired) electrons. The molecule has 284 valence electrons. The SMILES string of the molecule is C#C[Si](C)(C)C.CC(C)(C)OC(=O)N1CCn2ccc3cc(C#C[Si](C)(C)C)cc(c32)C1.CC(C)(C)OC(=O)N1CCn2ccc3cc(I)cc(c32)C1. The molecule has 0 aliphatic carbocycles. The first kappa shape index (κ1) is 42.1. The van der Waals surface area contributed by atoms with E-state index in [1.54, 1.807) is 9.80 Å². The lowest BCUT2D eigenvalue weighted by Crippen LogP contribution is -2.37. The summed E-state index contributed by atoms with van der Waals surface area (Å²) in [5.74, 6) is 3.36. The molecule has 0 unspecified atom stereocenters. The van der Waals surface area contributed by atoms with Gasteiger partial charge in [0.25, 0.3) is 0 Å². The molecule has 0 atom stereocenters. The largest absolute Gasteiger partial charge is 0.444 e. The third-order valence-electron chi connectivity index (χ3n) is 8.11. The highest BCUT2D eigenvalue weighted by Gasteiger charge is 2.27. The molecule has 2 aromatic heterocycles. The minimum Gasteiger partial charge on any atom is -0.444 e. The van der Waals surface area contributed by atoms with Crippen molar-refractivity contribution >= 4 is 72.7 Å². The number of terminal acetylenes is 1. The molecule has 2 aliphatic rings. The maximum Gasteiger partial charge on any atom is 0.410 e. The first-order valence-electron chi connectivity index (χ1n) is 18.3. The van der Waals surface area contributed by atoms with Gasteiger partial charge in [0.1, 0.15) is 27.3 Å². The maximum atomic E-state index is 12.6. The number of nitrogens with zero attached hydrogens (tertiary/aromatic N) is 4. The maximum absolute atomic E-state index is 12.6. The van der Waals surface area contributed by atoms with E-state index in [9.17, 15) is 9.59 Å². The van der Waals surface area contributed by atoms with E-state index in [-0.39, 0.29) is 12.2 Å². The molecule has 0 bridgehead atoms. The Morgan fingerprint density at radius 1 is 0.698 bits per heavy atom. The van der Waals surface area contributed by atoms with Crippen molar-refractivity contribution in [3.63, 3.8) is 0 Å². The van der Waals surface area contributed by atoms with E-state index in [1.165, 1.54) is 30.9 Å². The molecular formula is C42H57IN4O4Si2. The number of hydrogen-bond donors (Lipinski definition) is 0. The van der Waals surface area contributed by atoms with Gasteiger partial charge in [-0.15, -0.1) is 17.5 Å². The van der Waals surface area contributed by atoms with Crippen molar-refractivity contribution in [3.05, 3.63) is 69.1 Å². The van der Waals surface area contributed by atoms with Crippen LogP contribution in [0.3, 0.4) is 0 Å². The number of rotatable bonds is 0. The summed E-state index contributed by atoms with van der Waals surface area (Å²) in [6.45, 7) is 28.6. The normalized spacial score (nSPS) is 14.3. The molecule has 53 heavy (non-hydrogen) atoms. The molecule has 11 heteroatoms. The Bertz CT molecular complexity index is 2070. The van der Waals surface area contributed by atoms with Crippen molar-refractivity contribution in [2.75, 3.05) is 13.1 Å². The molecule has 0 fully saturated rings. The van der Waals surface area contributed by atoms with Crippen LogP contribution in [0, 0.1) is 27.0 Å². The predicted molar refractivity (Wildman–Crippen MR) is 232 cm³/mol. The third-order valence-corrected chi connectivity index (χ3v) is 10.5. The summed E-state index contributed by atoms with van der Waals surface area (Å²) in [5, 5.41) is 2.43. The number of benzene rings is 2. The van der Waals surface area contributed by atoms with Crippen molar-refractivity contribution in [2.45, 2.75) is 118 Å². The van der Waals surface area contributed by atoms with Crippen LogP contribution in [0.4, 0.5) is 9.59 Å². The number of carbonyl (C=O) groups excluding carboxylic acids is 2. The summed E-state index contributed by atoms with van der Waals surface area (Å²) < 4.78 is 16.7. The standard InChI is InChI=1S/C21H28N2O2Si.C16H19IN2O2.C5H10Si/c1-21(2,3)25-20(24)23-11-10-22-9-7-17-13-16(8-12-26(4,5)6)14-18(15-23)19(17)22;1-16(2,3)21-15(20)19-7-6-18-5-4-11-8-13(17)9-12(10-19)14(11)18;1-5-6(2,3)4/h7,9,13-14H,10-11,15H2,1-6H3;4-5,8-9H,6-7,10H2,1-3H3;1H,2-4H3. The van der Waals surface area contributed by atoms with Crippen LogP contribution < -0.4 is 0 Å². The van der Waals surface area contributed by atoms with Gasteiger partial charge in [0.15, 0.2) is 0 Å². The lowest BCUT2D eigenvalue weighted by molar-refractivity contribution is 0.0222. The quantitative estimate of drug-likeness (QED) is 0.100. The Balaban J connectivity index is 0.000000209. The fourth-order valence-corrected chi connectivity index (χ4v) is 7.01. The number of ether oxygens (including phenoxy) is 2. The Morgan fingerprint density at radius 2 is 1.13 bits per heavy atom. The monoisotopic (exact) mass is 864 g/mol. The van der Waals surface area contributed by atoms with Gasteiger partial charge in [0, 0.05) is 58.5 Å². The Labute approximate surface area is 332 Å². The van der Waals surface area contributed by atoms with E-state index >= 15 is 0 Å². The second-order valence-corrected chi connectivity index (χ2v) is 28.6. The van der Waals surface area contributed by atoms with Gasteiger partial charge in [-0.05, 0) is 112 Å². The lowest BCUT2D eigenvalue weighted by atomic mass is 10.1. The van der Waals surface area contributed by atoms with Crippen LogP contribution in [-0.2, 0) is 35.7 Å². The van der Waals surface area contributed by atoms with E-state index in [1.807, 2.05) is 41.5 Å². The van der Waals surface area contributed by atoms with Gasteiger partial charge in [-0.3, -0.25) is 0 Å². The first-order valence-corrected chi connectivity index (χ1v) is 26.3. The highest BCUT2D eigenvalue weighted by atomic mass is 127. The Morgan fingerprint density at radius 3 is 1.55 bits per heavy atom. The zero-order chi connectivity index (χ0) is 39.5. The molecule has 4 heterocycles. The van der Waals surface area contributed by atoms with Crippen molar-refractivity contribution in [3.8, 4) is 23.4 Å². The van der Waals surface area contributed by atoms with Gasteiger partial charge in [-0.2, -0.15) is 0 Å². The zero-order valence-electron chi connectivity index (χ0n) is 33.7. The van der Waals surface area contributed by atoms with Crippen molar-refractivity contribution < 1.29 is 19.1 Å². The number of hydrogen-bond acceptors (Lipinski definition) is 4. The highest BCUT2D eigenvalue weighted by Crippen LogP contribution is 2.29. The van der Waals surface area contributed by atoms with E-state index in [4.69, 9.17) is 15.9 Å². The van der Waals surface area contributed by atoms with Crippen molar-refractivity contribution in [1.29, 1.82) is 0 Å². The minimum absolute atomic E-state index is 0.236. The van der Waals surface area contributed by atoms with E-state index in [0.717, 1.165) is 24.2 Å². The second-order valence-electron chi connectivity index (χ2n) is 17.8. The average molecular weight is 865 g/mol. The molecule has 8 nitrogen and oxygen atoms in total. The first-order chi connectivity index (χ1) is 24.4. The van der Waals surface area contributed by atoms with Gasteiger partial charge in [-0.1, -0.05) is 45.2 Å². The van der Waals surface area contributed by atoms with Crippen LogP contribution in [0.25, 0.3) is 21.8 Å². The van der Waals surface area contributed by atoms with Crippen LogP contribution in [-0.4, -0.2) is 71.6 Å². The molecule has 0 spiro atoms. The molecule has 2 aliphatic heterocycles. The van der Waals surface area contributed by atoms with Crippen molar-refractivity contribution in [2.24, 2.45) is 0 Å². The second kappa shape index (κ2) is 16.4. The Hall–Kier alpha value is -3.66. The van der Waals surface area contributed by atoms with Crippen LogP contribution in [0.5, 0.6) is 0 Å². The number of aromatic nitrogens is 2. The lowest BCUT2D eigenvalue weighted by Gasteiger charge is -2.26. The number of halogens is 1. The molecule has 0 saturated carbocycles. The fourth-order valence-electron chi connectivity index (χ4n) is 5.78. The average Bonchev–Trinajstić information content (AvgIpc) is 3.49. The van der Waals surface area contributed by atoms with Crippen LogP contribution >= 0.6 is 22.6 Å². The van der Waals surface area contributed by atoms with E-state index < -0.39 is 27.3 Å². The third kappa shape index (κ3) is 12.4. The topological polar surface area (TPSA) is 68.9 Å². The van der Waals surface area contributed by atoms with Crippen LogP contribution in [0.2, 0.25) is 39.3 Å². The Kier molecular flexibility index (Phi) is 13.0. The van der Waals surface area contributed by atoms with Gasteiger partial charge in [-0.25, -0.2) is 9.59 Å². The van der Waals surface area contributed by atoms with E-state index in [0.29, 0.717) is 26.2 Å². The van der Waals surface area contributed by atoms with E-state index in [2.05, 4.69) is 137 Å². The summed E-state index contributed by atoms with van der Waals surface area (Å²) in [5.41, 5.74) is 11.0. The molecule has 6 rings (SSSR count). The summed E-state index contributed by atoms with van der Waals surface area (Å²) in [6.07, 6.45) is 8.83. The van der Waals surface area contributed by atoms with Gasteiger partial charge in [0.05, 0.1) is 24.1 Å².